The number of hydrogen-bond acceptors (Lipinski definition) is 4. The Labute approximate surface area is 105 Å². The highest BCUT2D eigenvalue weighted by atomic mass is 31.2. The molecule has 1 amide bonds. The minimum absolute atomic E-state index is 0.424. The Kier molecular flexibility index (Phi) is 5.10. The van der Waals surface area contributed by atoms with Crippen LogP contribution in [0.2, 0.25) is 0 Å². The molecule has 0 aromatic heterocycles. The van der Waals surface area contributed by atoms with Gasteiger partial charge in [-0.05, 0) is 12.1 Å². The van der Waals surface area contributed by atoms with Gasteiger partial charge in [-0.1, -0.05) is 0 Å². The van der Waals surface area contributed by atoms with Crippen molar-refractivity contribution in [3.8, 4) is 0 Å². The van der Waals surface area contributed by atoms with E-state index in [9.17, 15) is 18.1 Å². The monoisotopic (exact) mass is 297 g/mol. The lowest BCUT2D eigenvalue weighted by atomic mass is 10.2. The normalized spacial score (nSPS) is 13.1. The minimum atomic E-state index is -4.95. The van der Waals surface area contributed by atoms with Gasteiger partial charge in [0, 0.05) is 11.6 Å². The molecule has 1 aromatic carbocycles. The second-order valence-electron chi connectivity index (χ2n) is 3.45. The summed E-state index contributed by atoms with van der Waals surface area (Å²) >= 11 is 0. The summed E-state index contributed by atoms with van der Waals surface area (Å²) in [7, 11) is -4.95. The molecule has 0 bridgehead atoms. The van der Waals surface area contributed by atoms with Crippen LogP contribution in [0.4, 0.5) is 8.78 Å². The lowest BCUT2D eigenvalue weighted by Crippen LogP contribution is -2.25. The number of hydroxylamine groups is 1. The molecule has 0 aliphatic rings. The first kappa shape index (κ1) is 15.7. The van der Waals surface area contributed by atoms with E-state index in [4.69, 9.17) is 15.0 Å². The van der Waals surface area contributed by atoms with Crippen LogP contribution >= 0.6 is 7.60 Å². The smallest absolute Gasteiger partial charge is 0.351 e. The molecule has 0 heterocycles. The highest BCUT2D eigenvalue weighted by molar-refractivity contribution is 7.52. The molecule has 1 unspecified atom stereocenters. The fourth-order valence-electron chi connectivity index (χ4n) is 1.26. The van der Waals surface area contributed by atoms with Crippen molar-refractivity contribution in [1.29, 1.82) is 0 Å². The molecule has 1 aromatic rings. The van der Waals surface area contributed by atoms with E-state index in [1.54, 1.807) is 0 Å². The van der Waals surface area contributed by atoms with Gasteiger partial charge in [-0.15, -0.1) is 0 Å². The first-order valence-corrected chi connectivity index (χ1v) is 6.48. The number of rotatable bonds is 5. The molecule has 106 valence electrons. The maximum atomic E-state index is 13.4. The van der Waals surface area contributed by atoms with E-state index in [0.29, 0.717) is 6.07 Å². The summed E-state index contributed by atoms with van der Waals surface area (Å²) in [6, 6.07) is 2.01. The van der Waals surface area contributed by atoms with Crippen LogP contribution in [0.15, 0.2) is 18.2 Å². The molecule has 10 heteroatoms. The van der Waals surface area contributed by atoms with Crippen LogP contribution < -0.4 is 5.48 Å². The van der Waals surface area contributed by atoms with E-state index in [-0.39, 0.29) is 0 Å². The lowest BCUT2D eigenvalue weighted by Gasteiger charge is -2.19. The molecule has 4 N–H and O–H groups in total. The van der Waals surface area contributed by atoms with Crippen molar-refractivity contribution < 1.29 is 37.9 Å². The standard InChI is InChI=1S/C9H10F2NO6P/c10-5-1-2-6(7(11)3-5)9(19(15,16)17)18-4-8(13)12-14/h1-3,9,14H,4H2,(H,12,13)(H2,15,16,17). The van der Waals surface area contributed by atoms with Gasteiger partial charge in [0.25, 0.3) is 5.91 Å². The Morgan fingerprint density at radius 2 is 2.05 bits per heavy atom. The molecule has 0 aliphatic carbocycles. The number of halogens is 2. The van der Waals surface area contributed by atoms with E-state index in [2.05, 4.69) is 4.74 Å². The van der Waals surface area contributed by atoms with Gasteiger partial charge >= 0.3 is 7.60 Å². The Morgan fingerprint density at radius 1 is 1.42 bits per heavy atom. The summed E-state index contributed by atoms with van der Waals surface area (Å²) in [5.41, 5.74) is 0.580. The zero-order chi connectivity index (χ0) is 14.6. The van der Waals surface area contributed by atoms with Gasteiger partial charge in [-0.3, -0.25) is 14.6 Å². The third-order valence-corrected chi connectivity index (χ3v) is 3.07. The van der Waals surface area contributed by atoms with Crippen molar-refractivity contribution in [1.82, 2.24) is 5.48 Å². The Bertz CT molecular complexity index is 519. The van der Waals surface area contributed by atoms with Crippen molar-refractivity contribution in [3.63, 3.8) is 0 Å². The van der Waals surface area contributed by atoms with Crippen molar-refractivity contribution >= 4 is 13.5 Å². The summed E-state index contributed by atoms with van der Waals surface area (Å²) in [5.74, 6) is -5.32. The highest BCUT2D eigenvalue weighted by Gasteiger charge is 2.34. The van der Waals surface area contributed by atoms with Gasteiger partial charge in [-0.25, -0.2) is 14.3 Å². The zero-order valence-corrected chi connectivity index (χ0v) is 10.2. The SMILES string of the molecule is O=C(COC(c1ccc(F)cc1F)P(=O)(O)O)NO. The Balaban J connectivity index is 3.04. The number of nitrogens with one attached hydrogen (secondary N) is 1. The summed E-state index contributed by atoms with van der Waals surface area (Å²) in [6.07, 6.45) is 0. The molecule has 1 rings (SSSR count). The van der Waals surface area contributed by atoms with Crippen LogP contribution in [0.5, 0.6) is 0 Å². The number of amides is 1. The fourth-order valence-corrected chi connectivity index (χ4v) is 2.10. The first-order chi connectivity index (χ1) is 8.75. The van der Waals surface area contributed by atoms with Gasteiger partial charge in [0.1, 0.15) is 18.2 Å². The number of carbonyl (C=O) groups excluding carboxylic acids is 1. The lowest BCUT2D eigenvalue weighted by molar-refractivity contribution is -0.134. The second-order valence-corrected chi connectivity index (χ2v) is 5.10. The molecule has 0 saturated heterocycles. The van der Waals surface area contributed by atoms with Crippen LogP contribution in [0, 0.1) is 11.6 Å². The second kappa shape index (κ2) is 6.18. The molecule has 19 heavy (non-hydrogen) atoms. The van der Waals surface area contributed by atoms with Gasteiger partial charge in [0.15, 0.2) is 5.85 Å². The fraction of sp³-hybridized carbons (Fsp3) is 0.222. The molecule has 0 fully saturated rings. The van der Waals surface area contributed by atoms with E-state index in [1.165, 1.54) is 5.48 Å². The summed E-state index contributed by atoms with van der Waals surface area (Å²) < 4.78 is 41.9. The summed E-state index contributed by atoms with van der Waals surface area (Å²) in [4.78, 5) is 28.8. The van der Waals surface area contributed by atoms with E-state index in [1.807, 2.05) is 0 Å². The number of ether oxygens (including phenoxy) is 1. The Hall–Kier alpha value is -1.38. The van der Waals surface area contributed by atoms with Crippen LogP contribution in [0.25, 0.3) is 0 Å². The Morgan fingerprint density at radius 3 is 2.53 bits per heavy atom. The maximum Gasteiger partial charge on any atom is 0.358 e. The largest absolute Gasteiger partial charge is 0.358 e. The molecule has 0 aliphatic heterocycles. The van der Waals surface area contributed by atoms with Crippen LogP contribution in [0.3, 0.4) is 0 Å². The van der Waals surface area contributed by atoms with Gasteiger partial charge in [-0.2, -0.15) is 0 Å². The topological polar surface area (TPSA) is 116 Å². The maximum absolute atomic E-state index is 13.4. The molecule has 7 nitrogen and oxygen atoms in total. The quantitative estimate of drug-likeness (QED) is 0.360. The average molecular weight is 297 g/mol. The predicted molar refractivity (Wildman–Crippen MR) is 57.0 cm³/mol. The molecular weight excluding hydrogens is 287 g/mol. The van der Waals surface area contributed by atoms with E-state index < -0.39 is 43.2 Å². The van der Waals surface area contributed by atoms with Crippen LogP contribution in [-0.2, 0) is 14.1 Å². The summed E-state index contributed by atoms with van der Waals surface area (Å²) in [5, 5.41) is 8.21. The van der Waals surface area contributed by atoms with Gasteiger partial charge in [0.05, 0.1) is 0 Å². The molecule has 0 saturated carbocycles. The van der Waals surface area contributed by atoms with E-state index in [0.717, 1.165) is 12.1 Å². The summed E-state index contributed by atoms with van der Waals surface area (Å²) in [6.45, 7) is -0.914. The van der Waals surface area contributed by atoms with Crippen LogP contribution in [-0.4, -0.2) is 27.5 Å². The molecular formula is C9H10F2NO6P. The molecule has 0 spiro atoms. The molecule has 0 radical (unpaired) electrons. The van der Waals surface area contributed by atoms with Crippen LogP contribution in [0.1, 0.15) is 11.4 Å². The highest BCUT2D eigenvalue weighted by Crippen LogP contribution is 2.52. The zero-order valence-electron chi connectivity index (χ0n) is 9.29. The third kappa shape index (κ3) is 4.34. The van der Waals surface area contributed by atoms with Crippen molar-refractivity contribution in [2.24, 2.45) is 0 Å². The number of carbonyl (C=O) groups is 1. The van der Waals surface area contributed by atoms with Crippen molar-refractivity contribution in [2.75, 3.05) is 6.61 Å². The van der Waals surface area contributed by atoms with Gasteiger partial charge < -0.3 is 14.5 Å². The number of hydrogen-bond donors (Lipinski definition) is 4. The number of benzene rings is 1. The third-order valence-electron chi connectivity index (χ3n) is 2.03. The first-order valence-electron chi connectivity index (χ1n) is 4.80. The molecule has 1 atom stereocenters. The van der Waals surface area contributed by atoms with Crippen molar-refractivity contribution in [2.45, 2.75) is 5.85 Å². The predicted octanol–water partition coefficient (Wildman–Crippen LogP) is 0.663. The average Bonchev–Trinajstić information content (AvgIpc) is 2.29. The van der Waals surface area contributed by atoms with Crippen molar-refractivity contribution in [3.05, 3.63) is 35.4 Å². The van der Waals surface area contributed by atoms with Gasteiger partial charge in [0.2, 0.25) is 0 Å². The minimum Gasteiger partial charge on any atom is -0.351 e. The van der Waals surface area contributed by atoms with E-state index >= 15 is 0 Å².